The van der Waals surface area contributed by atoms with E-state index in [1.807, 2.05) is 4.90 Å². The first-order valence-corrected chi connectivity index (χ1v) is 12.6. The van der Waals surface area contributed by atoms with Crippen LogP contribution in [0.1, 0.15) is 12.0 Å². The van der Waals surface area contributed by atoms with Crippen molar-refractivity contribution in [2.24, 2.45) is 0 Å². The molecule has 3 aromatic rings. The normalized spacial score (nSPS) is 16.9. The molecule has 0 aliphatic carbocycles. The van der Waals surface area contributed by atoms with Gasteiger partial charge < -0.3 is 4.90 Å². The highest BCUT2D eigenvalue weighted by Gasteiger charge is 2.29. The van der Waals surface area contributed by atoms with Crippen LogP contribution in [0.3, 0.4) is 0 Å². The molecule has 0 saturated carbocycles. The van der Waals surface area contributed by atoms with Gasteiger partial charge in [-0.3, -0.25) is 9.62 Å². The van der Waals surface area contributed by atoms with Crippen LogP contribution in [0.15, 0.2) is 52.2 Å². The van der Waals surface area contributed by atoms with Gasteiger partial charge in [0.15, 0.2) is 5.82 Å². The number of likely N-dealkylation sites (N-methyl/N-ethyl adjacent to an activating group) is 1. The molecule has 4 rings (SSSR count). The summed E-state index contributed by atoms with van der Waals surface area (Å²) in [6, 6.07) is 8.94. The number of anilines is 2. The Hall–Kier alpha value is -2.27. The Labute approximate surface area is 194 Å². The summed E-state index contributed by atoms with van der Waals surface area (Å²) < 4.78 is 56.2. The van der Waals surface area contributed by atoms with E-state index in [9.17, 15) is 17.2 Å². The first kappa shape index (κ1) is 22.9. The number of hydrogen-bond acceptors (Lipinski definition) is 6. The molecule has 1 aromatic heterocycles. The Balaban J connectivity index is 1.49. The van der Waals surface area contributed by atoms with E-state index in [2.05, 4.69) is 14.6 Å². The van der Waals surface area contributed by atoms with Crippen LogP contribution in [0.4, 0.5) is 20.3 Å². The number of halogens is 3. The molecule has 0 amide bonds. The van der Waals surface area contributed by atoms with Crippen molar-refractivity contribution in [2.45, 2.75) is 23.9 Å². The molecule has 0 bridgehead atoms. The van der Waals surface area contributed by atoms with E-state index < -0.39 is 20.7 Å². The van der Waals surface area contributed by atoms with E-state index in [0.717, 1.165) is 25.1 Å². The van der Waals surface area contributed by atoms with Crippen LogP contribution in [-0.2, 0) is 16.6 Å². The summed E-state index contributed by atoms with van der Waals surface area (Å²) in [6.07, 6.45) is 0.786. The lowest BCUT2D eigenvalue weighted by molar-refractivity contribution is 0.320. The zero-order valence-electron chi connectivity index (χ0n) is 17.1. The molecule has 11 heteroatoms. The molecule has 1 N–H and O–H groups in total. The van der Waals surface area contributed by atoms with Crippen molar-refractivity contribution in [3.63, 3.8) is 0 Å². The largest absolute Gasteiger partial charge is 0.369 e. The Morgan fingerprint density at radius 1 is 1.28 bits per heavy atom. The molecule has 1 aliphatic heterocycles. The smallest absolute Gasteiger partial charge is 0.266 e. The second-order valence-corrected chi connectivity index (χ2v) is 10.4. The average molecular weight is 499 g/mol. The highest BCUT2D eigenvalue weighted by atomic mass is 35.5. The molecule has 6 nitrogen and oxygen atoms in total. The number of hydrogen-bond donors (Lipinski definition) is 1. The van der Waals surface area contributed by atoms with Gasteiger partial charge in [0.25, 0.3) is 10.0 Å². The Morgan fingerprint density at radius 3 is 2.78 bits per heavy atom. The second kappa shape index (κ2) is 9.30. The molecule has 1 atom stereocenters. The fraction of sp³-hybridized carbons (Fsp3) is 0.286. The molecular weight excluding hydrogens is 478 g/mol. The lowest BCUT2D eigenvalue weighted by Gasteiger charge is -2.28. The summed E-state index contributed by atoms with van der Waals surface area (Å²) in [5.41, 5.74) is 2.49. The molecule has 1 aliphatic rings. The average Bonchev–Trinajstić information content (AvgIpc) is 3.42. The van der Waals surface area contributed by atoms with Crippen molar-refractivity contribution in [1.82, 2.24) is 9.88 Å². The van der Waals surface area contributed by atoms with Crippen LogP contribution < -0.4 is 9.62 Å². The molecule has 1 saturated heterocycles. The van der Waals surface area contributed by atoms with E-state index >= 15 is 0 Å². The third-order valence-corrected chi connectivity index (χ3v) is 7.75. The molecule has 1 fully saturated rings. The van der Waals surface area contributed by atoms with Crippen LogP contribution >= 0.6 is 22.9 Å². The Kier molecular flexibility index (Phi) is 6.66. The maximum Gasteiger partial charge on any atom is 0.266 e. The van der Waals surface area contributed by atoms with E-state index in [0.29, 0.717) is 24.3 Å². The zero-order valence-corrected chi connectivity index (χ0v) is 19.5. The molecule has 1 unspecified atom stereocenters. The van der Waals surface area contributed by atoms with Crippen LogP contribution in [0.5, 0.6) is 0 Å². The molecule has 0 radical (unpaired) electrons. The molecule has 32 heavy (non-hydrogen) atoms. The summed E-state index contributed by atoms with van der Waals surface area (Å²) in [5.74, 6) is -1.02. The minimum absolute atomic E-state index is 0.0225. The monoisotopic (exact) mass is 498 g/mol. The summed E-state index contributed by atoms with van der Waals surface area (Å²) in [6.45, 7) is 1.89. The van der Waals surface area contributed by atoms with E-state index in [-0.39, 0.29) is 22.7 Å². The van der Waals surface area contributed by atoms with Crippen molar-refractivity contribution in [1.29, 1.82) is 0 Å². The van der Waals surface area contributed by atoms with Crippen molar-refractivity contribution in [3.8, 4) is 0 Å². The highest BCUT2D eigenvalue weighted by Crippen LogP contribution is 2.33. The number of rotatable bonds is 7. The van der Waals surface area contributed by atoms with E-state index in [1.54, 1.807) is 25.2 Å². The van der Waals surface area contributed by atoms with Crippen molar-refractivity contribution >= 4 is 44.5 Å². The molecule has 2 heterocycles. The van der Waals surface area contributed by atoms with Gasteiger partial charge in [0.2, 0.25) is 0 Å². The lowest BCUT2D eigenvalue weighted by atomic mass is 10.2. The number of sulfonamides is 1. The van der Waals surface area contributed by atoms with Crippen LogP contribution in [0, 0.1) is 11.6 Å². The van der Waals surface area contributed by atoms with Crippen LogP contribution in [-0.4, -0.2) is 44.5 Å². The van der Waals surface area contributed by atoms with Crippen molar-refractivity contribution in [3.05, 3.63) is 69.5 Å². The number of nitrogens with zero attached hydrogens (tertiary/aromatic N) is 3. The highest BCUT2D eigenvalue weighted by molar-refractivity contribution is 7.92. The summed E-state index contributed by atoms with van der Waals surface area (Å²) in [5, 5.41) is 1.63. The van der Waals surface area contributed by atoms with Gasteiger partial charge in [-0.25, -0.2) is 22.2 Å². The van der Waals surface area contributed by atoms with Crippen LogP contribution in [0.2, 0.25) is 5.02 Å². The SMILES string of the molecule is CN(c1cc(F)c(S(=O)(=O)Nc2cscn2)cc1Cl)C1CCN(Cc2ccccc2F)C1. The van der Waals surface area contributed by atoms with Gasteiger partial charge in [0, 0.05) is 49.7 Å². The predicted octanol–water partition coefficient (Wildman–Crippen LogP) is 4.59. The molecular formula is C21H21ClF2N4O2S2. The predicted molar refractivity (Wildman–Crippen MR) is 123 cm³/mol. The Morgan fingerprint density at radius 2 is 2.06 bits per heavy atom. The Bertz CT molecular complexity index is 1210. The van der Waals surface area contributed by atoms with Crippen molar-refractivity contribution in [2.75, 3.05) is 29.8 Å². The molecule has 0 spiro atoms. The van der Waals surface area contributed by atoms with Crippen molar-refractivity contribution < 1.29 is 17.2 Å². The van der Waals surface area contributed by atoms with Gasteiger partial charge >= 0.3 is 0 Å². The van der Waals surface area contributed by atoms with Gasteiger partial charge in [0.1, 0.15) is 16.5 Å². The topological polar surface area (TPSA) is 65.5 Å². The van der Waals surface area contributed by atoms with Gasteiger partial charge in [0.05, 0.1) is 16.2 Å². The van der Waals surface area contributed by atoms with Gasteiger partial charge in [-0.2, -0.15) is 0 Å². The summed E-state index contributed by atoms with van der Waals surface area (Å²) in [4.78, 5) is 7.28. The van der Waals surface area contributed by atoms with Gasteiger partial charge in [-0.05, 0) is 18.6 Å². The number of nitrogens with one attached hydrogen (secondary N) is 1. The maximum absolute atomic E-state index is 14.8. The van der Waals surface area contributed by atoms with Gasteiger partial charge in [-0.1, -0.05) is 29.8 Å². The quantitative estimate of drug-likeness (QED) is 0.516. The summed E-state index contributed by atoms with van der Waals surface area (Å²) >= 11 is 7.59. The second-order valence-electron chi connectivity index (χ2n) is 7.59. The fourth-order valence-electron chi connectivity index (χ4n) is 3.79. The standard InChI is InChI=1S/C21H21ClF2N4O2S2/c1-27(15-6-7-28(11-15)10-14-4-2-3-5-17(14)23)19-9-18(24)20(8-16(19)22)32(29,30)26-21-12-31-13-25-21/h2-5,8-9,12-13,15,26H,6-7,10-11H2,1H3. The number of likely N-dealkylation sites (tertiary alicyclic amines) is 1. The van der Waals surface area contributed by atoms with Crippen LogP contribution in [0.25, 0.3) is 0 Å². The number of benzene rings is 2. The fourth-order valence-corrected chi connectivity index (χ4v) is 5.79. The minimum atomic E-state index is -4.17. The first-order valence-electron chi connectivity index (χ1n) is 9.83. The lowest BCUT2D eigenvalue weighted by Crippen LogP contribution is -2.34. The zero-order chi connectivity index (χ0) is 22.9. The van der Waals surface area contributed by atoms with Gasteiger partial charge in [-0.15, -0.1) is 11.3 Å². The maximum atomic E-state index is 14.8. The summed E-state index contributed by atoms with van der Waals surface area (Å²) in [7, 11) is -2.38. The molecule has 170 valence electrons. The molecule has 2 aromatic carbocycles. The van der Waals surface area contributed by atoms with E-state index in [1.165, 1.54) is 28.3 Å². The number of aromatic nitrogens is 1. The third kappa shape index (κ3) is 4.88. The van der Waals surface area contributed by atoms with E-state index in [4.69, 9.17) is 11.6 Å². The number of thiazole rings is 1. The third-order valence-electron chi connectivity index (χ3n) is 5.49. The minimum Gasteiger partial charge on any atom is -0.369 e. The first-order chi connectivity index (χ1) is 15.2.